The largest absolute Gasteiger partial charge is 0.478 e. The van der Waals surface area contributed by atoms with Crippen molar-refractivity contribution in [3.63, 3.8) is 0 Å². The summed E-state index contributed by atoms with van der Waals surface area (Å²) in [5.41, 5.74) is 13.1. The Labute approximate surface area is 112 Å². The van der Waals surface area contributed by atoms with E-state index >= 15 is 0 Å². The van der Waals surface area contributed by atoms with Crippen molar-refractivity contribution >= 4 is 11.6 Å². The molecule has 2 aromatic rings. The lowest BCUT2D eigenvalue weighted by Gasteiger charge is -2.07. The minimum absolute atomic E-state index is 0.404. The topological polar surface area (TPSA) is 87.0 Å². The maximum Gasteiger partial charge on any atom is 0.213 e. The highest BCUT2D eigenvalue weighted by Crippen LogP contribution is 2.25. The van der Waals surface area contributed by atoms with Crippen molar-refractivity contribution in [1.82, 2.24) is 9.97 Å². The van der Waals surface area contributed by atoms with Gasteiger partial charge in [0.15, 0.2) is 0 Å². The molecule has 0 atom stereocenters. The van der Waals surface area contributed by atoms with Gasteiger partial charge in [0.2, 0.25) is 5.88 Å². The minimum Gasteiger partial charge on any atom is -0.478 e. The number of ether oxygens (including phenoxy) is 1. The number of unbranched alkanes of at least 4 members (excludes halogenated alkanes) is 1. The van der Waals surface area contributed by atoms with Gasteiger partial charge < -0.3 is 16.2 Å². The predicted molar refractivity (Wildman–Crippen MR) is 76.7 cm³/mol. The number of hydrogen-bond donors (Lipinski definition) is 2. The molecule has 2 heterocycles. The summed E-state index contributed by atoms with van der Waals surface area (Å²) in [6, 6.07) is 7.31. The first-order valence-electron chi connectivity index (χ1n) is 6.32. The number of aromatic nitrogens is 2. The van der Waals surface area contributed by atoms with Crippen molar-refractivity contribution < 1.29 is 4.74 Å². The SMILES string of the molecule is CCCCOc1ccc(-c2ccc(N)nc2N)cn1. The van der Waals surface area contributed by atoms with Gasteiger partial charge in [-0.15, -0.1) is 0 Å². The second kappa shape index (κ2) is 6.04. The van der Waals surface area contributed by atoms with Gasteiger partial charge in [-0.3, -0.25) is 0 Å². The van der Waals surface area contributed by atoms with E-state index in [-0.39, 0.29) is 0 Å². The van der Waals surface area contributed by atoms with Gasteiger partial charge in [-0.05, 0) is 24.6 Å². The molecule has 100 valence electrons. The number of anilines is 2. The molecule has 19 heavy (non-hydrogen) atoms. The molecule has 0 aromatic carbocycles. The van der Waals surface area contributed by atoms with E-state index in [1.165, 1.54) is 0 Å². The fraction of sp³-hybridized carbons (Fsp3) is 0.286. The van der Waals surface area contributed by atoms with Crippen LogP contribution in [0.3, 0.4) is 0 Å². The standard InChI is InChI=1S/C14H18N4O/c1-2-3-8-19-13-7-4-10(9-17-13)11-5-6-12(15)18-14(11)16/h4-7,9H,2-3,8H2,1H3,(H4,15,16,18). The third-order valence-electron chi connectivity index (χ3n) is 2.74. The lowest BCUT2D eigenvalue weighted by molar-refractivity contribution is 0.298. The Morgan fingerprint density at radius 3 is 2.63 bits per heavy atom. The Morgan fingerprint density at radius 1 is 1.16 bits per heavy atom. The molecular weight excluding hydrogens is 240 g/mol. The van der Waals surface area contributed by atoms with Crippen molar-refractivity contribution in [2.75, 3.05) is 18.1 Å². The van der Waals surface area contributed by atoms with E-state index in [0.717, 1.165) is 24.0 Å². The summed E-state index contributed by atoms with van der Waals surface area (Å²) >= 11 is 0. The summed E-state index contributed by atoms with van der Waals surface area (Å²) in [5.74, 6) is 1.44. The normalized spacial score (nSPS) is 10.4. The molecule has 4 N–H and O–H groups in total. The van der Waals surface area contributed by atoms with Gasteiger partial charge in [-0.1, -0.05) is 13.3 Å². The number of nitrogens with two attached hydrogens (primary N) is 2. The lowest BCUT2D eigenvalue weighted by Crippen LogP contribution is -2.00. The molecule has 2 rings (SSSR count). The van der Waals surface area contributed by atoms with Crippen LogP contribution >= 0.6 is 0 Å². The van der Waals surface area contributed by atoms with Crippen LogP contribution in [0.25, 0.3) is 11.1 Å². The van der Waals surface area contributed by atoms with Crippen molar-refractivity contribution in [3.05, 3.63) is 30.5 Å². The first kappa shape index (κ1) is 13.1. The molecular formula is C14H18N4O. The van der Waals surface area contributed by atoms with Crippen LogP contribution in [0.2, 0.25) is 0 Å². The molecule has 0 saturated carbocycles. The van der Waals surface area contributed by atoms with E-state index in [1.54, 1.807) is 12.3 Å². The molecule has 2 aromatic heterocycles. The van der Waals surface area contributed by atoms with Crippen LogP contribution < -0.4 is 16.2 Å². The molecule has 0 radical (unpaired) electrons. The Morgan fingerprint density at radius 2 is 2.00 bits per heavy atom. The van der Waals surface area contributed by atoms with Gasteiger partial charge in [-0.25, -0.2) is 9.97 Å². The highest BCUT2D eigenvalue weighted by Gasteiger charge is 2.05. The number of rotatable bonds is 5. The summed E-state index contributed by atoms with van der Waals surface area (Å²) in [6.07, 6.45) is 3.86. The number of nitrogens with zero attached hydrogens (tertiary/aromatic N) is 2. The molecule has 0 unspecified atom stereocenters. The summed E-state index contributed by atoms with van der Waals surface area (Å²) in [7, 11) is 0. The second-order valence-corrected chi connectivity index (χ2v) is 4.26. The predicted octanol–water partition coefficient (Wildman–Crippen LogP) is 2.49. The maximum atomic E-state index is 5.84. The van der Waals surface area contributed by atoms with Gasteiger partial charge in [0.25, 0.3) is 0 Å². The van der Waals surface area contributed by atoms with Crippen molar-refractivity contribution in [3.8, 4) is 17.0 Å². The quantitative estimate of drug-likeness (QED) is 0.804. The van der Waals surface area contributed by atoms with Gasteiger partial charge >= 0.3 is 0 Å². The van der Waals surface area contributed by atoms with Crippen LogP contribution in [0, 0.1) is 0 Å². The lowest BCUT2D eigenvalue weighted by atomic mass is 10.1. The van der Waals surface area contributed by atoms with Crippen molar-refractivity contribution in [2.24, 2.45) is 0 Å². The summed E-state index contributed by atoms with van der Waals surface area (Å²) in [4.78, 5) is 8.28. The third-order valence-corrected chi connectivity index (χ3v) is 2.74. The third kappa shape index (κ3) is 3.34. The van der Waals surface area contributed by atoms with Crippen LogP contribution in [0.15, 0.2) is 30.5 Å². The van der Waals surface area contributed by atoms with Gasteiger partial charge in [-0.2, -0.15) is 0 Å². The fourth-order valence-corrected chi connectivity index (χ4v) is 1.68. The highest BCUT2D eigenvalue weighted by atomic mass is 16.5. The van der Waals surface area contributed by atoms with Crippen LogP contribution in [0.4, 0.5) is 11.6 Å². The molecule has 0 saturated heterocycles. The molecule has 0 aliphatic heterocycles. The zero-order valence-corrected chi connectivity index (χ0v) is 11.0. The van der Waals surface area contributed by atoms with Crippen LogP contribution in [-0.4, -0.2) is 16.6 Å². The fourth-order valence-electron chi connectivity index (χ4n) is 1.68. The van der Waals surface area contributed by atoms with E-state index in [2.05, 4.69) is 16.9 Å². The number of pyridine rings is 2. The van der Waals surface area contributed by atoms with Gasteiger partial charge in [0.05, 0.1) is 6.61 Å². The summed E-state index contributed by atoms with van der Waals surface area (Å²) < 4.78 is 5.51. The number of nitrogen functional groups attached to an aromatic ring is 2. The molecule has 0 bridgehead atoms. The Kier molecular flexibility index (Phi) is 4.18. The Balaban J connectivity index is 2.13. The monoisotopic (exact) mass is 258 g/mol. The van der Waals surface area contributed by atoms with Crippen molar-refractivity contribution in [1.29, 1.82) is 0 Å². The van der Waals surface area contributed by atoms with Crippen LogP contribution in [-0.2, 0) is 0 Å². The Bertz CT molecular complexity index is 540. The van der Waals surface area contributed by atoms with Crippen LogP contribution in [0.1, 0.15) is 19.8 Å². The van der Waals surface area contributed by atoms with E-state index in [1.807, 2.05) is 18.2 Å². The molecule has 0 spiro atoms. The minimum atomic E-state index is 0.404. The van der Waals surface area contributed by atoms with E-state index in [4.69, 9.17) is 16.2 Å². The molecule has 0 aliphatic carbocycles. The first-order chi connectivity index (χ1) is 9.20. The van der Waals surface area contributed by atoms with Crippen LogP contribution in [0.5, 0.6) is 5.88 Å². The van der Waals surface area contributed by atoms with E-state index < -0.39 is 0 Å². The average molecular weight is 258 g/mol. The molecule has 5 heteroatoms. The zero-order chi connectivity index (χ0) is 13.7. The average Bonchev–Trinajstić information content (AvgIpc) is 2.40. The number of hydrogen-bond acceptors (Lipinski definition) is 5. The molecule has 0 amide bonds. The molecule has 0 fully saturated rings. The van der Waals surface area contributed by atoms with Gasteiger partial charge in [0.1, 0.15) is 11.6 Å². The molecule has 5 nitrogen and oxygen atoms in total. The Hall–Kier alpha value is -2.30. The highest BCUT2D eigenvalue weighted by molar-refractivity contribution is 5.74. The summed E-state index contributed by atoms with van der Waals surface area (Å²) in [5, 5.41) is 0. The van der Waals surface area contributed by atoms with Gasteiger partial charge in [0, 0.05) is 23.4 Å². The zero-order valence-electron chi connectivity index (χ0n) is 11.0. The smallest absolute Gasteiger partial charge is 0.213 e. The molecule has 0 aliphatic rings. The van der Waals surface area contributed by atoms with E-state index in [9.17, 15) is 0 Å². The second-order valence-electron chi connectivity index (χ2n) is 4.26. The summed E-state index contributed by atoms with van der Waals surface area (Å²) in [6.45, 7) is 2.81. The van der Waals surface area contributed by atoms with Crippen molar-refractivity contribution in [2.45, 2.75) is 19.8 Å². The maximum absolute atomic E-state index is 5.84. The first-order valence-corrected chi connectivity index (χ1v) is 6.32. The van der Waals surface area contributed by atoms with E-state index in [0.29, 0.717) is 24.1 Å².